The summed E-state index contributed by atoms with van der Waals surface area (Å²) in [5.74, 6) is -1.57. The molecule has 0 amide bonds. The smallest absolute Gasteiger partial charge is 0.331 e. The molecule has 41 heavy (non-hydrogen) atoms. The van der Waals surface area contributed by atoms with Gasteiger partial charge in [-0.2, -0.15) is 0 Å². The van der Waals surface area contributed by atoms with Gasteiger partial charge in [0, 0.05) is 11.6 Å². The Hall–Kier alpha value is -1.58. The lowest BCUT2D eigenvalue weighted by atomic mass is 10.0. The number of carboxylic acids is 2. The molecule has 0 radical (unpaired) electrons. The van der Waals surface area contributed by atoms with Gasteiger partial charge in [-0.05, 0) is 38.5 Å². The van der Waals surface area contributed by atoms with Gasteiger partial charge in [0.25, 0.3) is 0 Å². The van der Waals surface area contributed by atoms with E-state index in [0.717, 1.165) is 44.9 Å². The van der Waals surface area contributed by atoms with Gasteiger partial charge >= 0.3 is 11.9 Å². The number of unbranched alkanes of at least 4 members (excludes halogenated alkanes) is 27. The highest BCUT2D eigenvalue weighted by Crippen LogP contribution is 2.17. The van der Waals surface area contributed by atoms with Crippen molar-refractivity contribution in [1.82, 2.24) is 0 Å². The molecule has 0 bridgehead atoms. The van der Waals surface area contributed by atoms with Gasteiger partial charge in [-0.3, -0.25) is 0 Å². The minimum absolute atomic E-state index is 0.633. The van der Waals surface area contributed by atoms with Crippen molar-refractivity contribution >= 4 is 11.9 Å². The van der Waals surface area contributed by atoms with Crippen molar-refractivity contribution in [3.8, 4) is 0 Å². The fraction of sp³-hybridized carbons (Fsp3) is 0.838. The van der Waals surface area contributed by atoms with Gasteiger partial charge in [0.1, 0.15) is 0 Å². The third kappa shape index (κ3) is 32.8. The van der Waals surface area contributed by atoms with E-state index in [9.17, 15) is 14.7 Å². The quantitative estimate of drug-likeness (QED) is 0.0602. The van der Waals surface area contributed by atoms with Gasteiger partial charge in [0.15, 0.2) is 0 Å². The highest BCUT2D eigenvalue weighted by atomic mass is 16.4. The van der Waals surface area contributed by atoms with E-state index in [0.29, 0.717) is 5.57 Å². The van der Waals surface area contributed by atoms with E-state index in [1.807, 2.05) is 6.08 Å². The lowest BCUT2D eigenvalue weighted by molar-refractivity contribution is -0.133. The summed E-state index contributed by atoms with van der Waals surface area (Å²) in [6.07, 6.45) is 42.6. The molecule has 0 atom stereocenters. The van der Waals surface area contributed by atoms with Crippen LogP contribution in [0.4, 0.5) is 0 Å². The minimum Gasteiger partial charge on any atom is -0.478 e. The van der Waals surface area contributed by atoms with Gasteiger partial charge in [0.2, 0.25) is 0 Å². The molecular formula is C37H68O4. The van der Waals surface area contributed by atoms with Crippen LogP contribution >= 0.6 is 0 Å². The van der Waals surface area contributed by atoms with Crippen LogP contribution in [0.3, 0.4) is 0 Å². The van der Waals surface area contributed by atoms with Crippen LogP contribution in [0.1, 0.15) is 200 Å². The van der Waals surface area contributed by atoms with Crippen LogP contribution in [0.15, 0.2) is 23.8 Å². The van der Waals surface area contributed by atoms with E-state index in [1.54, 1.807) is 6.08 Å². The molecule has 0 unspecified atom stereocenters. The molecule has 0 saturated carbocycles. The minimum atomic E-state index is -0.854. The van der Waals surface area contributed by atoms with Crippen molar-refractivity contribution in [3.05, 3.63) is 23.8 Å². The monoisotopic (exact) mass is 577 g/mol. The summed E-state index contributed by atoms with van der Waals surface area (Å²) in [5.41, 5.74) is 0.633. The van der Waals surface area contributed by atoms with Crippen LogP contribution in [0.25, 0.3) is 0 Å². The summed E-state index contributed by atoms with van der Waals surface area (Å²) in [6, 6.07) is 0. The molecule has 0 aromatic rings. The third-order valence-corrected chi connectivity index (χ3v) is 8.30. The van der Waals surface area contributed by atoms with Crippen molar-refractivity contribution in [1.29, 1.82) is 0 Å². The Morgan fingerprint density at radius 3 is 1.17 bits per heavy atom. The molecule has 0 aromatic carbocycles. The molecule has 0 aliphatic heterocycles. The van der Waals surface area contributed by atoms with Gasteiger partial charge in [0.05, 0.1) is 0 Å². The average Bonchev–Trinajstić information content (AvgIpc) is 2.95. The first-order valence-corrected chi connectivity index (χ1v) is 17.9. The van der Waals surface area contributed by atoms with E-state index in [2.05, 4.69) is 6.92 Å². The third-order valence-electron chi connectivity index (χ3n) is 8.30. The van der Waals surface area contributed by atoms with Crippen LogP contribution in [0, 0.1) is 0 Å². The number of hydrogen-bond acceptors (Lipinski definition) is 2. The summed E-state index contributed by atoms with van der Waals surface area (Å²) >= 11 is 0. The Morgan fingerprint density at radius 1 is 0.463 bits per heavy atom. The van der Waals surface area contributed by atoms with Gasteiger partial charge in [-0.25, -0.2) is 9.59 Å². The van der Waals surface area contributed by atoms with E-state index in [1.165, 1.54) is 154 Å². The number of allylic oxidation sites excluding steroid dienone is 2. The van der Waals surface area contributed by atoms with Gasteiger partial charge in [-0.1, -0.05) is 173 Å². The Labute approximate surface area is 254 Å². The predicted molar refractivity (Wildman–Crippen MR) is 177 cm³/mol. The van der Waals surface area contributed by atoms with E-state index < -0.39 is 11.9 Å². The molecule has 240 valence electrons. The molecular weight excluding hydrogens is 508 g/mol. The van der Waals surface area contributed by atoms with Crippen molar-refractivity contribution < 1.29 is 19.8 Å². The molecule has 0 fully saturated rings. The Bertz CT molecular complexity index is 637. The largest absolute Gasteiger partial charge is 0.478 e. The predicted octanol–water partition coefficient (Wildman–Crippen LogP) is 12.4. The summed E-state index contributed by atoms with van der Waals surface area (Å²) in [4.78, 5) is 22.0. The second-order valence-corrected chi connectivity index (χ2v) is 12.3. The highest BCUT2D eigenvalue weighted by molar-refractivity contribution is 5.86. The molecule has 0 aliphatic rings. The van der Waals surface area contributed by atoms with Crippen LogP contribution in [-0.2, 0) is 9.59 Å². The normalized spacial score (nSPS) is 12.0. The maximum atomic E-state index is 11.6. The fourth-order valence-corrected chi connectivity index (χ4v) is 5.62. The maximum absolute atomic E-state index is 11.6. The van der Waals surface area contributed by atoms with E-state index in [4.69, 9.17) is 5.11 Å². The zero-order valence-electron chi connectivity index (χ0n) is 27.2. The number of hydrogen-bond donors (Lipinski definition) is 2. The first-order chi connectivity index (χ1) is 20.1. The first kappa shape index (κ1) is 39.4. The van der Waals surface area contributed by atoms with Crippen LogP contribution < -0.4 is 0 Å². The standard InChI is InChI=1S/C37H68O4/c1-2-3-4-5-6-7-8-9-10-11-14-17-20-23-26-29-32-35(37(40)41)33-30-27-24-21-18-15-12-13-16-19-22-25-28-31-34-36(38)39/h31-32,34H,2-30,33H2,1H3,(H,38,39)(H,40,41). The Morgan fingerprint density at radius 2 is 0.805 bits per heavy atom. The van der Waals surface area contributed by atoms with Crippen LogP contribution in [0.2, 0.25) is 0 Å². The molecule has 4 nitrogen and oxygen atoms in total. The second-order valence-electron chi connectivity index (χ2n) is 12.3. The lowest BCUT2D eigenvalue weighted by Crippen LogP contribution is -2.00. The summed E-state index contributed by atoms with van der Waals surface area (Å²) < 4.78 is 0. The van der Waals surface area contributed by atoms with Gasteiger partial charge < -0.3 is 10.2 Å². The summed E-state index contributed by atoms with van der Waals surface area (Å²) in [6.45, 7) is 2.28. The van der Waals surface area contributed by atoms with Crippen LogP contribution in [0.5, 0.6) is 0 Å². The molecule has 0 heterocycles. The Kier molecular flexibility index (Phi) is 31.7. The van der Waals surface area contributed by atoms with E-state index >= 15 is 0 Å². The number of carboxylic acid groups (broad SMARTS) is 2. The number of rotatable bonds is 33. The number of aliphatic carboxylic acids is 2. The average molecular weight is 577 g/mol. The molecule has 0 spiro atoms. The van der Waals surface area contributed by atoms with Crippen molar-refractivity contribution in [2.45, 2.75) is 200 Å². The molecule has 0 saturated heterocycles. The molecule has 0 aliphatic carbocycles. The van der Waals surface area contributed by atoms with Gasteiger partial charge in [-0.15, -0.1) is 0 Å². The van der Waals surface area contributed by atoms with Crippen molar-refractivity contribution in [3.63, 3.8) is 0 Å². The summed E-state index contributed by atoms with van der Waals surface area (Å²) in [7, 11) is 0. The Balaban J connectivity index is 3.48. The van der Waals surface area contributed by atoms with E-state index in [-0.39, 0.29) is 0 Å². The second kappa shape index (κ2) is 32.9. The number of carbonyl (C=O) groups is 2. The topological polar surface area (TPSA) is 74.6 Å². The maximum Gasteiger partial charge on any atom is 0.331 e. The highest BCUT2D eigenvalue weighted by Gasteiger charge is 2.06. The fourth-order valence-electron chi connectivity index (χ4n) is 5.62. The molecule has 0 rings (SSSR count). The first-order valence-electron chi connectivity index (χ1n) is 17.9. The zero-order valence-corrected chi connectivity index (χ0v) is 27.2. The summed E-state index contributed by atoms with van der Waals surface area (Å²) in [5, 5.41) is 18.1. The SMILES string of the molecule is CCCCCCCCCCCCCCCCCC=C(CCCCCCCCCCCCCCC=CC(=O)O)C(=O)O. The molecule has 0 aromatic heterocycles. The van der Waals surface area contributed by atoms with Crippen LogP contribution in [-0.4, -0.2) is 22.2 Å². The molecule has 2 N–H and O–H groups in total. The van der Waals surface area contributed by atoms with Crippen molar-refractivity contribution in [2.24, 2.45) is 0 Å². The van der Waals surface area contributed by atoms with Crippen molar-refractivity contribution in [2.75, 3.05) is 0 Å². The zero-order chi connectivity index (χ0) is 30.1. The lowest BCUT2D eigenvalue weighted by Gasteiger charge is -2.05. The molecule has 4 heteroatoms.